The normalized spacial score (nSPS) is 11.2. The van der Waals surface area contributed by atoms with Gasteiger partial charge in [-0.25, -0.2) is 30.5 Å². The summed E-state index contributed by atoms with van der Waals surface area (Å²) < 4.78 is 175. The van der Waals surface area contributed by atoms with Crippen LogP contribution in [0.2, 0.25) is 15.1 Å². The van der Waals surface area contributed by atoms with Gasteiger partial charge >= 0.3 is 17.8 Å². The van der Waals surface area contributed by atoms with Crippen LogP contribution in [-0.4, -0.2) is 61.1 Å². The van der Waals surface area contributed by atoms with E-state index in [2.05, 4.69) is 61.2 Å². The number of aromatic nitrogens is 3. The van der Waals surface area contributed by atoms with Crippen molar-refractivity contribution in [3.63, 3.8) is 0 Å². The van der Waals surface area contributed by atoms with Gasteiger partial charge in [-0.2, -0.15) is 17.2 Å². The van der Waals surface area contributed by atoms with Gasteiger partial charge in [-0.05, 0) is 195 Å². The van der Waals surface area contributed by atoms with Gasteiger partial charge in [-0.15, -0.1) is 23.5 Å². The maximum absolute atomic E-state index is 14.1. The molecule has 1 radical (unpaired) electrons. The predicted molar refractivity (Wildman–Crippen MR) is 463 cm³/mol. The Balaban J connectivity index is 0.000000164. The number of ether oxygens (including phenoxy) is 3. The Hall–Kier alpha value is -10.5. The first kappa shape index (κ1) is 90.3. The van der Waals surface area contributed by atoms with E-state index in [4.69, 9.17) is 58.9 Å². The highest BCUT2D eigenvalue weighted by Gasteiger charge is 2.32. The summed E-state index contributed by atoms with van der Waals surface area (Å²) in [4.78, 5) is 47.8. The highest BCUT2D eigenvalue weighted by atomic mass is 79.9. The molecule has 3 aromatic heterocycles. The van der Waals surface area contributed by atoms with Crippen molar-refractivity contribution in [1.29, 1.82) is 0 Å². The van der Waals surface area contributed by atoms with Gasteiger partial charge in [0, 0.05) is 66.5 Å². The number of hydrogen-bond acceptors (Lipinski definition) is 14. The van der Waals surface area contributed by atoms with Crippen LogP contribution in [0.3, 0.4) is 0 Å². The zero-order chi connectivity index (χ0) is 86.1. The number of rotatable bonds is 20. The number of fused-ring (bicyclic) bond motifs is 3. The Morgan fingerprint density at radius 3 is 1.23 bits per heavy atom. The van der Waals surface area contributed by atoms with Crippen LogP contribution in [0.25, 0.3) is 72.0 Å². The lowest BCUT2D eigenvalue weighted by atomic mass is 10.0. The Labute approximate surface area is 715 Å². The fraction of sp³-hybridized carbons (Fsp3) is 0.0581. The fourth-order valence-electron chi connectivity index (χ4n) is 12.0. The first-order chi connectivity index (χ1) is 57.7. The van der Waals surface area contributed by atoms with Gasteiger partial charge in [0.05, 0.1) is 78.5 Å². The molecule has 0 saturated carbocycles. The van der Waals surface area contributed by atoms with Crippen LogP contribution in [0.15, 0.2) is 294 Å². The molecule has 0 fully saturated rings. The van der Waals surface area contributed by atoms with Crippen molar-refractivity contribution in [2.24, 2.45) is 0 Å². The molecule has 0 spiro atoms. The minimum atomic E-state index is -5.14. The van der Waals surface area contributed by atoms with Gasteiger partial charge in [0.1, 0.15) is 53.9 Å². The lowest BCUT2D eigenvalue weighted by Gasteiger charge is -2.17. The van der Waals surface area contributed by atoms with Crippen molar-refractivity contribution in [2.75, 3.05) is 21.3 Å². The van der Waals surface area contributed by atoms with Crippen LogP contribution in [-0.2, 0) is 21.6 Å². The monoisotopic (exact) mass is 1850 g/mol. The van der Waals surface area contributed by atoms with Crippen LogP contribution in [0.4, 0.5) is 39.3 Å². The Bertz CT molecular complexity index is 6580. The smallest absolute Gasteiger partial charge is 0.537 e. The van der Waals surface area contributed by atoms with Gasteiger partial charge in [0.25, 0.3) is 16.7 Å². The van der Waals surface area contributed by atoms with Gasteiger partial charge < -0.3 is 33.0 Å². The number of pyridine rings is 3. The first-order valence-electron chi connectivity index (χ1n) is 34.9. The molecule has 0 saturated heterocycles. The SMILES string of the molecule is COc1cc(-c2cccc(F)c2)c(Cl)cc1-n1c(=O)ccc2cc(S(=O)(=O)Oc3c(F)c(F)c(F)c(F)c3F)ccc21.COc1cc(-c2cccc(F)c2)c(Cl)cc1-n1c(=O)ccc2cc(SCc3ccccc3)ccc21.COc1cc(Br)c(Cl)cc1-n1c(=O)ccc2cc(SCc3ccccc3)ccc21.OPPF.O[B]Oc1cccc(F)c1. The molecule has 0 amide bonds. The van der Waals surface area contributed by atoms with Crippen LogP contribution in [0.5, 0.6) is 28.7 Å². The first-order valence-corrected chi connectivity index (χ1v) is 43.0. The molecule has 613 valence electrons. The highest BCUT2D eigenvalue weighted by molar-refractivity contribution is 9.10. The van der Waals surface area contributed by atoms with Crippen molar-refractivity contribution in [1.82, 2.24) is 13.7 Å². The number of thioether (sulfide) groups is 2. The summed E-state index contributed by atoms with van der Waals surface area (Å²) in [6.45, 7) is 0. The molecule has 0 bridgehead atoms. The average Bonchev–Trinajstić information content (AvgIpc) is 0.764. The number of methoxy groups -OCH3 is 3. The molecule has 2 atom stereocenters. The lowest BCUT2D eigenvalue weighted by Crippen LogP contribution is -2.19. The molecular weight excluding hydrogens is 1790 g/mol. The van der Waals surface area contributed by atoms with E-state index in [1.165, 1.54) is 98.1 Å². The zero-order valence-electron chi connectivity index (χ0n) is 62.3. The third-order valence-electron chi connectivity index (χ3n) is 17.5. The molecule has 12 aromatic carbocycles. The van der Waals surface area contributed by atoms with Crippen molar-refractivity contribution in [3.05, 3.63) is 369 Å². The van der Waals surface area contributed by atoms with Gasteiger partial charge in [-0.1, -0.05) is 126 Å². The molecule has 120 heavy (non-hydrogen) atoms. The number of benzene rings is 12. The minimum absolute atomic E-state index is 0.0871. The topological polar surface area (TPSA) is 187 Å². The Kier molecular flexibility index (Phi) is 31.3. The number of halogens is 13. The second kappa shape index (κ2) is 41.6. The van der Waals surface area contributed by atoms with Crippen molar-refractivity contribution in [3.8, 4) is 68.1 Å². The molecule has 0 aliphatic rings. The lowest BCUT2D eigenvalue weighted by molar-refractivity contribution is 0.346. The van der Waals surface area contributed by atoms with E-state index in [0.717, 1.165) is 71.9 Å². The van der Waals surface area contributed by atoms with Crippen molar-refractivity contribution >= 4 is 142 Å². The summed E-state index contributed by atoms with van der Waals surface area (Å²) in [5.74, 6) is -12.3. The van der Waals surface area contributed by atoms with E-state index < -0.39 is 78.3 Å². The molecular formula is C86H60BBrCl3F9N3O12P2S3. The quantitative estimate of drug-likeness (QED) is 0.0140. The number of nitrogens with zero attached hydrogens (tertiary/aromatic N) is 3. The van der Waals surface area contributed by atoms with Crippen molar-refractivity contribution in [2.45, 2.75) is 26.2 Å². The fourth-order valence-corrected chi connectivity index (χ4v) is 15.8. The summed E-state index contributed by atoms with van der Waals surface area (Å²) >= 11 is 26.3. The molecule has 2 unspecified atom stereocenters. The molecule has 0 aliphatic heterocycles. The molecule has 3 heterocycles. The Morgan fingerprint density at radius 1 is 0.442 bits per heavy atom. The van der Waals surface area contributed by atoms with E-state index in [-0.39, 0.29) is 55.9 Å². The van der Waals surface area contributed by atoms with Gasteiger partial charge in [-0.3, -0.25) is 28.1 Å². The maximum Gasteiger partial charge on any atom is 0.569 e. The third kappa shape index (κ3) is 21.8. The standard InChI is InChI=1S/C29H21ClFNO2S.C28H14ClF6NO5S.C23H17BrClNO2S.C6H5BFO2.FH3OP2/c1-34-28-16-24(20-8-5-9-22(31)14-20)25(30)17-27(28)32-26-12-11-23(15-21(26)10-13-29(32)33)35-18-19-6-3-2-4-7-19;1-40-21-11-17(13-3-2-4-15(30)9-13)18(29)12-20(21)36-19-7-6-16(10-14(19)5-8-22(36)37)42(38,39)41-28-26(34)24(32)23(31)25(33)27(28)35;1-28-22-12-18(24)19(25)13-21(22)26-20-9-8-17(11-16(20)7-10-23(26)27)29-14-15-5-3-2-4-6-15;8-5-2-1-3-6(4-5)10-7-9;1-3-4-2/h2-17H,18H2,1H3;2-12H,1H3;2-13H,14H2,1H3;1-4,9H;2-4H. The van der Waals surface area contributed by atoms with E-state index >= 15 is 0 Å². The Morgan fingerprint density at radius 2 is 0.825 bits per heavy atom. The average molecular weight is 1850 g/mol. The second-order valence-electron chi connectivity index (χ2n) is 25.0. The molecule has 15 nitrogen and oxygen atoms in total. The van der Waals surface area contributed by atoms with E-state index in [1.807, 2.05) is 72.8 Å². The van der Waals surface area contributed by atoms with Gasteiger partial charge in [0.2, 0.25) is 34.8 Å². The summed E-state index contributed by atoms with van der Waals surface area (Å²) in [6.07, 6.45) is 0. The molecule has 15 rings (SSSR count). The van der Waals surface area contributed by atoms with Crippen LogP contribution in [0, 0.1) is 46.5 Å². The maximum atomic E-state index is 14.1. The predicted octanol–water partition coefficient (Wildman–Crippen LogP) is 23.2. The van der Waals surface area contributed by atoms with E-state index in [1.54, 1.807) is 94.4 Å². The highest BCUT2D eigenvalue weighted by Crippen LogP contribution is 2.42. The summed E-state index contributed by atoms with van der Waals surface area (Å²) in [5.41, 5.74) is 6.60. The molecule has 2 N–H and O–H groups in total. The minimum Gasteiger partial charge on any atom is -0.537 e. The van der Waals surface area contributed by atoms with Crippen LogP contribution < -0.4 is 39.7 Å². The largest absolute Gasteiger partial charge is 0.569 e. The van der Waals surface area contributed by atoms with E-state index in [0.29, 0.717) is 67.3 Å². The molecule has 0 aliphatic carbocycles. The van der Waals surface area contributed by atoms with Crippen molar-refractivity contribution < 1.29 is 80.7 Å². The third-order valence-corrected chi connectivity index (χ3v) is 23.0. The second-order valence-corrected chi connectivity index (χ2v) is 32.4. The van der Waals surface area contributed by atoms with Crippen LogP contribution in [0.1, 0.15) is 11.1 Å². The van der Waals surface area contributed by atoms with E-state index in [9.17, 15) is 62.1 Å². The molecule has 15 aromatic rings. The summed E-state index contributed by atoms with van der Waals surface area (Å²) in [5, 5.41) is 11.2. The van der Waals surface area contributed by atoms with Gasteiger partial charge in [0.15, 0.2) is 0 Å². The summed E-state index contributed by atoms with van der Waals surface area (Å²) in [6, 6.07) is 72.0. The summed E-state index contributed by atoms with van der Waals surface area (Å²) in [7, 11) is -1.47. The molecule has 34 heteroatoms. The zero-order valence-corrected chi connectivity index (χ0v) is 70.6. The number of hydrogen-bond donors (Lipinski definition) is 2. The van der Waals surface area contributed by atoms with Crippen LogP contribution >= 0.6 is 91.3 Å².